The first-order valence-electron chi connectivity index (χ1n) is 40.3. The monoisotopic (exact) mass is 1340 g/mol. The minimum Gasteiger partial charge on any atom is -0.465 e. The quantitative estimate of drug-likeness (QED) is 0.144. The fourth-order valence-corrected chi connectivity index (χ4v) is 30.8. The van der Waals surface area contributed by atoms with Crippen molar-refractivity contribution >= 4 is 41.8 Å². The van der Waals surface area contributed by atoms with Crippen LogP contribution >= 0.6 is 0 Å². The van der Waals surface area contributed by atoms with Crippen LogP contribution in [-0.4, -0.2) is 101 Å². The first-order chi connectivity index (χ1) is 46.5. The Bertz CT molecular complexity index is 3120. The molecule has 23 fully saturated rings. The van der Waals surface area contributed by atoms with Crippen LogP contribution < -0.4 is 0 Å². The molecule has 536 valence electrons. The highest BCUT2D eigenvalue weighted by Crippen LogP contribution is 2.75. The summed E-state index contributed by atoms with van der Waals surface area (Å²) >= 11 is 0. The highest BCUT2D eigenvalue weighted by molar-refractivity contribution is 5.81. The summed E-state index contributed by atoms with van der Waals surface area (Å²) in [5, 5.41) is 0. The van der Waals surface area contributed by atoms with Gasteiger partial charge in [0.05, 0.1) is 93.3 Å². The Kier molecular flexibility index (Phi) is 16.8. The molecule has 15 nitrogen and oxygen atoms in total. The molecule has 35 unspecified atom stereocenters. The third-order valence-corrected chi connectivity index (χ3v) is 34.7. The zero-order valence-corrected chi connectivity index (χ0v) is 60.1. The fourth-order valence-electron chi connectivity index (χ4n) is 30.8. The summed E-state index contributed by atoms with van der Waals surface area (Å²) in [7, 11) is 0. The molecule has 16 aliphatic carbocycles. The van der Waals surface area contributed by atoms with Crippen molar-refractivity contribution in [3.8, 4) is 0 Å². The SMILES string of the molecule is CC1CC2CC1C1(CCOC1=O)C2.CC1CC2CC1C1(COC(=O)C1)C2.CC1CC2CC1C1C(=O)OCC21.CC1CC2CC1C1C2C2CC1C1(CCOC1=O)C2.CC1CC2CC1CC21CCOC1=O.CC1CC2CC1CC21COC(=O)C1.CCOC1C(C)C2CC1C1C(=O)OCC21. The van der Waals surface area contributed by atoms with Crippen molar-refractivity contribution in [2.24, 2.45) is 199 Å². The topological polar surface area (TPSA) is 193 Å². The first-order valence-corrected chi connectivity index (χ1v) is 40.3. The van der Waals surface area contributed by atoms with Crippen LogP contribution in [0.25, 0.3) is 0 Å². The molecule has 16 saturated carbocycles. The average molecular weight is 1340 g/mol. The van der Waals surface area contributed by atoms with Gasteiger partial charge in [-0.25, -0.2) is 0 Å². The number of esters is 7. The molecule has 0 N–H and O–H groups in total. The number of hydrogen-bond acceptors (Lipinski definition) is 15. The Hall–Kier alpha value is -3.75. The summed E-state index contributed by atoms with van der Waals surface area (Å²) in [5.41, 5.74) is 0.503. The van der Waals surface area contributed by atoms with Gasteiger partial charge >= 0.3 is 41.8 Å². The maximum atomic E-state index is 12.2. The van der Waals surface area contributed by atoms with E-state index in [1.54, 1.807) is 0 Å². The molecule has 7 aliphatic heterocycles. The van der Waals surface area contributed by atoms with E-state index in [4.69, 9.17) is 37.9 Å². The van der Waals surface area contributed by atoms with Crippen LogP contribution in [0, 0.1) is 199 Å². The van der Waals surface area contributed by atoms with Gasteiger partial charge in [0.1, 0.15) is 0 Å². The molecule has 0 aromatic heterocycles. The standard InChI is InChI=1S/C16H22O2.C12H18O3.4C11H16O2.C10H14O2/c1-8-4-9-5-11(8)14-12-6-10(13(9)14)7-16(12)2-3-18-15(16)17;1-3-14-11-6(2)7-4-8(11)10-9(7)5-15-12(10)13;1-7-2-9-3-8(7)4-11(9)5-10(12)13-6-11;1-7-2-8-3-9(7)11(4-8)5-10(12)13-6-11;1-7-4-9-5-8(7)6-11(9)2-3-13-10(11)12;1-7-4-8-5-9(7)11(6-8)2-3-13-10(11)12;1-5-2-6-3-7(5)9-8(6)4-12-10(9)11/h8-14H,2-7H2,1H3;6-11H,3-5H2,1-2H3;4*7-9H,2-6H2,1H3;5-9H,2-4H2,1H3. The van der Waals surface area contributed by atoms with Gasteiger partial charge in [-0.2, -0.15) is 0 Å². The summed E-state index contributed by atoms with van der Waals surface area (Å²) in [5.74, 6) is 22.0. The van der Waals surface area contributed by atoms with Gasteiger partial charge < -0.3 is 37.9 Å². The minimum absolute atomic E-state index is 0.0167. The van der Waals surface area contributed by atoms with E-state index in [0.717, 1.165) is 165 Å². The number of rotatable bonds is 2. The van der Waals surface area contributed by atoms with Crippen molar-refractivity contribution in [1.82, 2.24) is 0 Å². The van der Waals surface area contributed by atoms with E-state index >= 15 is 0 Å². The van der Waals surface area contributed by atoms with Crippen molar-refractivity contribution in [1.29, 1.82) is 0 Å². The Labute approximate surface area is 577 Å². The average Bonchev–Trinajstić information content (AvgIpc) is 1.52. The van der Waals surface area contributed by atoms with E-state index in [1.807, 2.05) is 6.92 Å². The van der Waals surface area contributed by atoms with E-state index in [9.17, 15) is 33.6 Å². The Morgan fingerprint density at radius 1 is 0.381 bits per heavy atom. The van der Waals surface area contributed by atoms with Gasteiger partial charge in [-0.1, -0.05) is 48.5 Å². The zero-order chi connectivity index (χ0) is 67.1. The molecule has 5 spiro atoms. The smallest absolute Gasteiger partial charge is 0.312 e. The predicted molar refractivity (Wildman–Crippen MR) is 356 cm³/mol. The number of hydrogen-bond donors (Lipinski definition) is 0. The number of carbonyl (C=O) groups excluding carboxylic acids is 7. The summed E-state index contributed by atoms with van der Waals surface area (Å²) in [4.78, 5) is 80.9. The van der Waals surface area contributed by atoms with Crippen molar-refractivity contribution in [3.05, 3.63) is 0 Å². The third kappa shape index (κ3) is 10.4. The summed E-state index contributed by atoms with van der Waals surface area (Å²) in [6.45, 7) is 24.0. The number of fused-ring (bicyclic) bond motifs is 32. The number of carbonyl (C=O) groups is 7. The van der Waals surface area contributed by atoms with E-state index in [-0.39, 0.29) is 74.8 Å². The highest BCUT2D eigenvalue weighted by Gasteiger charge is 2.72. The van der Waals surface area contributed by atoms with Gasteiger partial charge in [0.25, 0.3) is 0 Å². The van der Waals surface area contributed by atoms with Crippen molar-refractivity contribution in [2.45, 2.75) is 216 Å². The summed E-state index contributed by atoms with van der Waals surface area (Å²) in [6, 6.07) is 0. The molecule has 16 bridgehead atoms. The first kappa shape index (κ1) is 66.5. The molecule has 0 amide bonds. The van der Waals surface area contributed by atoms with E-state index in [2.05, 4.69) is 48.5 Å². The molecular formula is C82H118O15. The van der Waals surface area contributed by atoms with Gasteiger partial charge in [-0.05, 0) is 296 Å². The number of cyclic esters (lactones) is 7. The van der Waals surface area contributed by atoms with Crippen molar-refractivity contribution < 1.29 is 71.5 Å². The van der Waals surface area contributed by atoms with Crippen LogP contribution in [0.4, 0.5) is 0 Å². The fraction of sp³-hybridized carbons (Fsp3) is 0.915. The van der Waals surface area contributed by atoms with E-state index in [0.29, 0.717) is 105 Å². The highest BCUT2D eigenvalue weighted by atomic mass is 16.6. The van der Waals surface area contributed by atoms with Gasteiger partial charge in [0.2, 0.25) is 0 Å². The zero-order valence-electron chi connectivity index (χ0n) is 60.1. The molecule has 97 heavy (non-hydrogen) atoms. The van der Waals surface area contributed by atoms with Crippen LogP contribution in [0.3, 0.4) is 0 Å². The lowest BCUT2D eigenvalue weighted by Gasteiger charge is -2.44. The lowest BCUT2D eigenvalue weighted by molar-refractivity contribution is -0.151. The normalized spacial score (nSPS) is 55.4. The maximum absolute atomic E-state index is 12.2. The molecule has 0 aromatic carbocycles. The van der Waals surface area contributed by atoms with Crippen LogP contribution in [0.15, 0.2) is 0 Å². The third-order valence-electron chi connectivity index (χ3n) is 34.7. The molecule has 35 atom stereocenters. The molecule has 23 rings (SSSR count). The Balaban J connectivity index is 0.0000000857. The lowest BCUT2D eigenvalue weighted by atomic mass is 9.59. The molecule has 7 saturated heterocycles. The molecule has 15 heteroatoms. The minimum atomic E-state index is -0.0255. The second kappa shape index (κ2) is 24.4. The summed E-state index contributed by atoms with van der Waals surface area (Å²) in [6.07, 6.45) is 29.4. The molecule has 23 aliphatic rings. The summed E-state index contributed by atoms with van der Waals surface area (Å²) < 4.78 is 42.0. The van der Waals surface area contributed by atoms with Crippen LogP contribution in [0.5, 0.6) is 0 Å². The second-order valence-electron chi connectivity index (χ2n) is 38.7. The van der Waals surface area contributed by atoms with Gasteiger partial charge in [-0.15, -0.1) is 0 Å². The lowest BCUT2D eigenvalue weighted by Crippen LogP contribution is -2.43. The van der Waals surface area contributed by atoms with Crippen molar-refractivity contribution in [3.63, 3.8) is 0 Å². The van der Waals surface area contributed by atoms with E-state index in [1.165, 1.54) is 109 Å². The molecule has 7 heterocycles. The Morgan fingerprint density at radius 2 is 0.928 bits per heavy atom. The molecule has 0 radical (unpaired) electrons. The van der Waals surface area contributed by atoms with Gasteiger partial charge in [-0.3, -0.25) is 33.6 Å². The van der Waals surface area contributed by atoms with Crippen LogP contribution in [0.1, 0.15) is 209 Å². The predicted octanol–water partition coefficient (Wildman–Crippen LogP) is 13.7. The van der Waals surface area contributed by atoms with Gasteiger partial charge in [0.15, 0.2) is 0 Å². The van der Waals surface area contributed by atoms with Crippen LogP contribution in [0.2, 0.25) is 0 Å². The van der Waals surface area contributed by atoms with Crippen molar-refractivity contribution in [2.75, 3.05) is 52.9 Å². The van der Waals surface area contributed by atoms with Gasteiger partial charge in [0, 0.05) is 29.3 Å². The second-order valence-corrected chi connectivity index (χ2v) is 38.7. The van der Waals surface area contributed by atoms with Crippen LogP contribution in [-0.2, 0) is 71.5 Å². The largest absolute Gasteiger partial charge is 0.465 e. The Morgan fingerprint density at radius 3 is 1.47 bits per heavy atom. The molecular weight excluding hydrogens is 1220 g/mol. The maximum Gasteiger partial charge on any atom is 0.312 e. The molecule has 0 aromatic rings. The number of ether oxygens (including phenoxy) is 8. The van der Waals surface area contributed by atoms with E-state index < -0.39 is 0 Å².